The van der Waals surface area contributed by atoms with Crippen molar-refractivity contribution in [2.24, 2.45) is 0 Å². The number of rotatable bonds is 4. The van der Waals surface area contributed by atoms with Gasteiger partial charge in [0.05, 0.1) is 12.7 Å². The molecule has 1 saturated heterocycles. The molecule has 3 aromatic rings. The van der Waals surface area contributed by atoms with E-state index in [9.17, 15) is 18.0 Å². The lowest BCUT2D eigenvalue weighted by molar-refractivity contribution is -0.137. The molecule has 1 amide bonds. The van der Waals surface area contributed by atoms with Gasteiger partial charge in [-0.15, -0.1) is 0 Å². The summed E-state index contributed by atoms with van der Waals surface area (Å²) in [6.07, 6.45) is -2.25. The lowest BCUT2D eigenvalue weighted by atomic mass is 10.0. The number of carbonyl (C=O) groups is 1. The molecule has 6 nitrogen and oxygen atoms in total. The molecule has 9 heteroatoms. The van der Waals surface area contributed by atoms with E-state index in [-0.39, 0.29) is 17.7 Å². The van der Waals surface area contributed by atoms with Crippen LogP contribution in [0.1, 0.15) is 29.0 Å². The molecule has 0 saturated carbocycles. The number of ether oxygens (including phenoxy) is 1. The molecule has 4 rings (SSSR count). The lowest BCUT2D eigenvalue weighted by Gasteiger charge is -2.33. The summed E-state index contributed by atoms with van der Waals surface area (Å²) in [4.78, 5) is 18.4. The van der Waals surface area contributed by atoms with Crippen LogP contribution >= 0.6 is 0 Å². The van der Waals surface area contributed by atoms with E-state index < -0.39 is 11.7 Å². The molecule has 0 atom stereocenters. The number of pyridine rings is 1. The number of amides is 1. The van der Waals surface area contributed by atoms with Crippen LogP contribution < -0.4 is 15.0 Å². The monoisotopic (exact) mass is 419 g/mol. The van der Waals surface area contributed by atoms with Gasteiger partial charge in [-0.05, 0) is 37.1 Å². The quantitative estimate of drug-likeness (QED) is 0.685. The van der Waals surface area contributed by atoms with Crippen LogP contribution in [0.5, 0.6) is 5.75 Å². The van der Waals surface area contributed by atoms with E-state index in [2.05, 4.69) is 10.3 Å². The second-order valence-corrected chi connectivity index (χ2v) is 7.13. The zero-order valence-electron chi connectivity index (χ0n) is 16.2. The van der Waals surface area contributed by atoms with Gasteiger partial charge in [-0.25, -0.2) is 4.98 Å². The summed E-state index contributed by atoms with van der Waals surface area (Å²) in [6, 6.07) is 9.46. The van der Waals surface area contributed by atoms with Gasteiger partial charge in [-0.1, -0.05) is 12.1 Å². The van der Waals surface area contributed by atoms with Crippen LogP contribution in [0.15, 0.2) is 47.0 Å². The molecule has 1 aromatic carbocycles. The van der Waals surface area contributed by atoms with Crippen molar-refractivity contribution in [3.05, 3.63) is 53.9 Å². The SMILES string of the molecule is COc1cccc2cc(C(=O)NC3CCN(c4ccc(C(F)(F)F)cn4)CC3)oc12. The predicted molar refractivity (Wildman–Crippen MR) is 105 cm³/mol. The number of hydrogen-bond donors (Lipinski definition) is 1. The van der Waals surface area contributed by atoms with Gasteiger partial charge in [-0.3, -0.25) is 4.79 Å². The van der Waals surface area contributed by atoms with Gasteiger partial charge < -0.3 is 19.4 Å². The average molecular weight is 419 g/mol. The van der Waals surface area contributed by atoms with Crippen LogP contribution in [0.3, 0.4) is 0 Å². The van der Waals surface area contributed by atoms with Crippen LogP contribution in [0, 0.1) is 0 Å². The highest BCUT2D eigenvalue weighted by Crippen LogP contribution is 2.30. The minimum Gasteiger partial charge on any atom is -0.493 e. The molecule has 30 heavy (non-hydrogen) atoms. The Morgan fingerprint density at radius 2 is 2.00 bits per heavy atom. The minimum atomic E-state index is -4.40. The number of furan rings is 1. The number of halogens is 3. The van der Waals surface area contributed by atoms with E-state index in [0.717, 1.165) is 17.6 Å². The lowest BCUT2D eigenvalue weighted by Crippen LogP contribution is -2.44. The van der Waals surface area contributed by atoms with Crippen molar-refractivity contribution in [3.63, 3.8) is 0 Å². The van der Waals surface area contributed by atoms with Crippen molar-refractivity contribution in [3.8, 4) is 5.75 Å². The van der Waals surface area contributed by atoms with Crippen molar-refractivity contribution in [1.82, 2.24) is 10.3 Å². The van der Waals surface area contributed by atoms with Gasteiger partial charge in [0.15, 0.2) is 17.1 Å². The molecule has 2 aromatic heterocycles. The van der Waals surface area contributed by atoms with Crippen LogP contribution in [0.2, 0.25) is 0 Å². The van der Waals surface area contributed by atoms with Gasteiger partial charge in [0.1, 0.15) is 5.82 Å². The summed E-state index contributed by atoms with van der Waals surface area (Å²) in [6.45, 7) is 1.16. The number of benzene rings is 1. The highest BCUT2D eigenvalue weighted by atomic mass is 19.4. The fourth-order valence-electron chi connectivity index (χ4n) is 3.56. The highest BCUT2D eigenvalue weighted by Gasteiger charge is 2.31. The Morgan fingerprint density at radius 1 is 1.23 bits per heavy atom. The fourth-order valence-corrected chi connectivity index (χ4v) is 3.56. The smallest absolute Gasteiger partial charge is 0.417 e. The van der Waals surface area contributed by atoms with E-state index in [1.807, 2.05) is 17.0 Å². The predicted octanol–water partition coefficient (Wildman–Crippen LogP) is 4.25. The first kappa shape index (κ1) is 20.1. The Bertz CT molecular complexity index is 1040. The van der Waals surface area contributed by atoms with E-state index in [0.29, 0.717) is 43.1 Å². The normalized spacial score (nSPS) is 15.4. The number of anilines is 1. The number of piperidine rings is 1. The van der Waals surface area contributed by atoms with E-state index >= 15 is 0 Å². The third-order valence-electron chi connectivity index (χ3n) is 5.18. The molecule has 0 radical (unpaired) electrons. The summed E-state index contributed by atoms with van der Waals surface area (Å²) < 4.78 is 49.0. The second-order valence-electron chi connectivity index (χ2n) is 7.13. The van der Waals surface area contributed by atoms with Gasteiger partial charge in [0.25, 0.3) is 5.91 Å². The molecule has 0 spiro atoms. The molecular weight excluding hydrogens is 399 g/mol. The molecule has 0 bridgehead atoms. The number of methoxy groups -OCH3 is 1. The van der Waals surface area contributed by atoms with Gasteiger partial charge >= 0.3 is 6.18 Å². The third-order valence-corrected chi connectivity index (χ3v) is 5.18. The standard InChI is InChI=1S/C21H20F3N3O3/c1-29-16-4-2-3-13-11-17(30-19(13)16)20(28)26-15-7-9-27(10-8-15)18-6-5-14(12-25-18)21(22,23)24/h2-6,11-12,15H,7-10H2,1H3,(H,26,28). The Labute approximate surface area is 170 Å². The molecule has 158 valence electrons. The number of nitrogens with one attached hydrogen (secondary N) is 1. The Morgan fingerprint density at radius 3 is 2.63 bits per heavy atom. The Balaban J connectivity index is 1.36. The van der Waals surface area contributed by atoms with Crippen molar-refractivity contribution >= 4 is 22.7 Å². The number of nitrogens with zero attached hydrogens (tertiary/aromatic N) is 2. The average Bonchev–Trinajstić information content (AvgIpc) is 3.18. The molecule has 1 aliphatic heterocycles. The maximum Gasteiger partial charge on any atom is 0.417 e. The summed E-state index contributed by atoms with van der Waals surface area (Å²) in [5, 5.41) is 3.75. The number of para-hydroxylation sites is 1. The van der Waals surface area contributed by atoms with Gasteiger partial charge in [0.2, 0.25) is 0 Å². The first-order valence-electron chi connectivity index (χ1n) is 9.51. The summed E-state index contributed by atoms with van der Waals surface area (Å²) in [5.41, 5.74) is -0.246. The first-order chi connectivity index (χ1) is 14.3. The second kappa shape index (κ2) is 7.89. The van der Waals surface area contributed by atoms with Crippen LogP contribution in [0.25, 0.3) is 11.0 Å². The molecule has 1 aliphatic rings. The number of carbonyl (C=O) groups excluding carboxylic acids is 1. The van der Waals surface area contributed by atoms with Crippen LogP contribution in [-0.4, -0.2) is 37.1 Å². The van der Waals surface area contributed by atoms with Crippen molar-refractivity contribution in [2.45, 2.75) is 25.1 Å². The van der Waals surface area contributed by atoms with Crippen molar-refractivity contribution < 1.29 is 27.1 Å². The maximum absolute atomic E-state index is 12.7. The number of alkyl halides is 3. The van der Waals surface area contributed by atoms with E-state index in [1.54, 1.807) is 12.1 Å². The zero-order valence-corrected chi connectivity index (χ0v) is 16.2. The molecule has 0 unspecified atom stereocenters. The maximum atomic E-state index is 12.7. The van der Waals surface area contributed by atoms with Gasteiger partial charge in [-0.2, -0.15) is 13.2 Å². The first-order valence-corrected chi connectivity index (χ1v) is 9.51. The van der Waals surface area contributed by atoms with Crippen molar-refractivity contribution in [2.75, 3.05) is 25.1 Å². The fraction of sp³-hybridized carbons (Fsp3) is 0.333. The van der Waals surface area contributed by atoms with Crippen LogP contribution in [0.4, 0.5) is 19.0 Å². The van der Waals surface area contributed by atoms with Gasteiger partial charge in [0, 0.05) is 30.7 Å². The highest BCUT2D eigenvalue weighted by molar-refractivity contribution is 5.97. The minimum absolute atomic E-state index is 0.0571. The zero-order chi connectivity index (χ0) is 21.3. The molecule has 1 fully saturated rings. The Hall–Kier alpha value is -3.23. The molecule has 3 heterocycles. The number of fused-ring (bicyclic) bond motifs is 1. The van der Waals surface area contributed by atoms with E-state index in [1.165, 1.54) is 13.2 Å². The molecular formula is C21H20F3N3O3. The van der Waals surface area contributed by atoms with E-state index in [4.69, 9.17) is 9.15 Å². The Kier molecular flexibility index (Phi) is 5.27. The molecule has 1 N–H and O–H groups in total. The number of hydrogen-bond acceptors (Lipinski definition) is 5. The largest absolute Gasteiger partial charge is 0.493 e. The molecule has 0 aliphatic carbocycles. The number of aromatic nitrogens is 1. The van der Waals surface area contributed by atoms with Crippen molar-refractivity contribution in [1.29, 1.82) is 0 Å². The van der Waals surface area contributed by atoms with Crippen LogP contribution in [-0.2, 0) is 6.18 Å². The summed E-state index contributed by atoms with van der Waals surface area (Å²) in [7, 11) is 1.54. The third kappa shape index (κ3) is 4.05. The summed E-state index contributed by atoms with van der Waals surface area (Å²) in [5.74, 6) is 0.960. The topological polar surface area (TPSA) is 67.6 Å². The summed E-state index contributed by atoms with van der Waals surface area (Å²) >= 11 is 0.